The number of aldehydes is 1. The van der Waals surface area contributed by atoms with Crippen LogP contribution in [-0.4, -0.2) is 78.1 Å². The summed E-state index contributed by atoms with van der Waals surface area (Å²) in [5, 5.41) is 10.0. The Morgan fingerprint density at radius 2 is 2.09 bits per heavy atom. The summed E-state index contributed by atoms with van der Waals surface area (Å²) < 4.78 is 5.50. The molecule has 2 unspecified atom stereocenters. The molecule has 9 heteroatoms. The van der Waals surface area contributed by atoms with Gasteiger partial charge in [0, 0.05) is 35.3 Å². The number of fused-ring (bicyclic) bond motifs is 1. The van der Waals surface area contributed by atoms with Crippen LogP contribution in [0.25, 0.3) is 10.9 Å². The molecule has 2 fully saturated rings. The third kappa shape index (κ3) is 5.57. The van der Waals surface area contributed by atoms with Crippen LogP contribution in [-0.2, 0) is 9.53 Å². The first-order chi connectivity index (χ1) is 16.2. The highest BCUT2D eigenvalue weighted by Gasteiger charge is 2.28. The molecule has 5 rings (SSSR count). The Morgan fingerprint density at radius 3 is 2.88 bits per heavy atom. The first-order valence-electron chi connectivity index (χ1n) is 12.0. The van der Waals surface area contributed by atoms with Gasteiger partial charge >= 0.3 is 0 Å². The van der Waals surface area contributed by atoms with E-state index in [0.717, 1.165) is 77.1 Å². The number of hydrogen-bond acceptors (Lipinski definition) is 7. The summed E-state index contributed by atoms with van der Waals surface area (Å²) in [4.78, 5) is 22.0. The number of nitrogens with zero attached hydrogens (tertiary/aromatic N) is 2. The maximum Gasteiger partial charge on any atom is 0.133 e. The van der Waals surface area contributed by atoms with Crippen molar-refractivity contribution in [2.75, 3.05) is 43.9 Å². The van der Waals surface area contributed by atoms with E-state index in [-0.39, 0.29) is 12.2 Å². The van der Waals surface area contributed by atoms with Crippen molar-refractivity contribution >= 4 is 51.3 Å². The fraction of sp³-hybridized carbons (Fsp3) is 0.583. The van der Waals surface area contributed by atoms with Gasteiger partial charge in [0.05, 0.1) is 48.9 Å². The summed E-state index contributed by atoms with van der Waals surface area (Å²) in [7, 11) is 0. The smallest absolute Gasteiger partial charge is 0.133 e. The second-order valence-electron chi connectivity index (χ2n) is 9.10. The molecule has 0 amide bonds. The lowest BCUT2D eigenvalue weighted by molar-refractivity contribution is -0.107. The quantitative estimate of drug-likeness (QED) is 0.464. The Labute approximate surface area is 204 Å². The van der Waals surface area contributed by atoms with Crippen LogP contribution in [0, 0.1) is 0 Å². The van der Waals surface area contributed by atoms with E-state index in [1.165, 1.54) is 25.7 Å². The molecule has 1 aromatic carbocycles. The van der Waals surface area contributed by atoms with E-state index < -0.39 is 0 Å². The molecular weight excluding hydrogens is 458 g/mol. The van der Waals surface area contributed by atoms with Crippen molar-refractivity contribution in [1.82, 2.24) is 15.2 Å². The molecule has 0 spiro atoms. The zero-order valence-corrected chi connectivity index (χ0v) is 20.4. The van der Waals surface area contributed by atoms with Crippen LogP contribution in [0.15, 0.2) is 23.2 Å². The number of anilines is 1. The van der Waals surface area contributed by atoms with E-state index in [9.17, 15) is 4.79 Å². The minimum atomic E-state index is 0.136. The van der Waals surface area contributed by atoms with Gasteiger partial charge in [-0.25, -0.2) is 0 Å². The molecule has 7 nitrogen and oxygen atoms in total. The number of morpholine rings is 1. The fourth-order valence-corrected chi connectivity index (χ4v) is 6.38. The number of halogens is 1. The molecule has 1 saturated carbocycles. The molecular formula is C24H32ClN5O2S. The normalized spacial score (nSPS) is 23.2. The Morgan fingerprint density at radius 1 is 1.27 bits per heavy atom. The highest BCUT2D eigenvalue weighted by Crippen LogP contribution is 2.34. The van der Waals surface area contributed by atoms with Crippen LogP contribution in [0.5, 0.6) is 0 Å². The number of aromatic amines is 1. The number of aliphatic imine (C=N–C) groups is 1. The topological polar surface area (TPSA) is 81.8 Å². The third-order valence-electron chi connectivity index (χ3n) is 6.77. The van der Waals surface area contributed by atoms with Gasteiger partial charge in [-0.2, -0.15) is 0 Å². The lowest BCUT2D eigenvalue weighted by Crippen LogP contribution is -2.52. The van der Waals surface area contributed by atoms with Gasteiger partial charge in [-0.15, -0.1) is 11.8 Å². The number of H-pyrrole nitrogens is 1. The number of benzene rings is 1. The lowest BCUT2D eigenvalue weighted by Gasteiger charge is -2.35. The van der Waals surface area contributed by atoms with Crippen molar-refractivity contribution in [3.8, 4) is 0 Å². The molecule has 2 aromatic rings. The molecule has 1 saturated heterocycles. The van der Waals surface area contributed by atoms with Crippen LogP contribution >= 0.6 is 23.4 Å². The first-order valence-corrected chi connectivity index (χ1v) is 13.3. The van der Waals surface area contributed by atoms with Gasteiger partial charge in [-0.3, -0.25) is 15.2 Å². The number of carbonyl (C=O) groups excluding carboxylic acids is 1. The van der Waals surface area contributed by atoms with Crippen LogP contribution in [0.2, 0.25) is 5.02 Å². The Balaban J connectivity index is 1.32. The van der Waals surface area contributed by atoms with E-state index in [0.29, 0.717) is 12.6 Å². The fourth-order valence-electron chi connectivity index (χ4n) is 5.10. The van der Waals surface area contributed by atoms with E-state index in [1.54, 1.807) is 11.8 Å². The van der Waals surface area contributed by atoms with Gasteiger partial charge in [-0.05, 0) is 37.5 Å². The molecule has 1 aromatic heterocycles. The second-order valence-corrected chi connectivity index (χ2v) is 10.5. The van der Waals surface area contributed by atoms with Crippen molar-refractivity contribution in [3.05, 3.63) is 28.9 Å². The predicted octanol–water partition coefficient (Wildman–Crippen LogP) is 3.87. The summed E-state index contributed by atoms with van der Waals surface area (Å²) in [5.41, 5.74) is 3.24. The van der Waals surface area contributed by atoms with Crippen molar-refractivity contribution in [3.63, 3.8) is 0 Å². The molecule has 0 radical (unpaired) electrons. The minimum Gasteiger partial charge on any atom is -0.381 e. The molecule has 3 aliphatic rings. The van der Waals surface area contributed by atoms with Gasteiger partial charge in [-0.1, -0.05) is 24.4 Å². The molecule has 2 aliphatic heterocycles. The first kappa shape index (κ1) is 23.2. The molecule has 3 heterocycles. The minimum absolute atomic E-state index is 0.136. The number of thioether (sulfide) groups is 1. The van der Waals surface area contributed by atoms with Gasteiger partial charge in [0.1, 0.15) is 11.3 Å². The highest BCUT2D eigenvalue weighted by molar-refractivity contribution is 8.14. The summed E-state index contributed by atoms with van der Waals surface area (Å²) >= 11 is 8.24. The van der Waals surface area contributed by atoms with Crippen LogP contribution < -0.4 is 10.6 Å². The number of hydrogen-bond donors (Lipinski definition) is 3. The van der Waals surface area contributed by atoms with Gasteiger partial charge < -0.3 is 19.8 Å². The van der Waals surface area contributed by atoms with E-state index >= 15 is 0 Å². The second kappa shape index (κ2) is 10.8. The molecule has 33 heavy (non-hydrogen) atoms. The lowest BCUT2D eigenvalue weighted by atomic mass is 10.1. The monoisotopic (exact) mass is 489 g/mol. The number of ether oxygens (including phenoxy) is 1. The van der Waals surface area contributed by atoms with Crippen molar-refractivity contribution < 1.29 is 9.53 Å². The third-order valence-corrected chi connectivity index (χ3v) is 8.14. The van der Waals surface area contributed by atoms with E-state index in [4.69, 9.17) is 21.3 Å². The zero-order chi connectivity index (χ0) is 22.6. The van der Waals surface area contributed by atoms with Gasteiger partial charge in [0.25, 0.3) is 0 Å². The highest BCUT2D eigenvalue weighted by atomic mass is 35.5. The molecule has 178 valence electrons. The van der Waals surface area contributed by atoms with Crippen molar-refractivity contribution in [2.24, 2.45) is 4.99 Å². The Hall–Kier alpha value is -1.58. The number of carbonyl (C=O) groups is 1. The van der Waals surface area contributed by atoms with E-state index in [1.807, 2.05) is 12.1 Å². The molecule has 1 aliphatic carbocycles. The van der Waals surface area contributed by atoms with E-state index in [2.05, 4.69) is 26.6 Å². The average molecular weight is 490 g/mol. The maximum atomic E-state index is 11.0. The summed E-state index contributed by atoms with van der Waals surface area (Å²) in [6, 6.07) is 6.95. The molecule has 2 atom stereocenters. The van der Waals surface area contributed by atoms with Crippen molar-refractivity contribution in [1.29, 1.82) is 0 Å². The molecule has 3 N–H and O–H groups in total. The Bertz CT molecular complexity index is 1000. The number of nitrogens with one attached hydrogen (secondary N) is 3. The number of aromatic nitrogens is 1. The number of rotatable bonds is 9. The van der Waals surface area contributed by atoms with Gasteiger partial charge in [0.2, 0.25) is 0 Å². The summed E-state index contributed by atoms with van der Waals surface area (Å²) in [6.07, 6.45) is 6.96. The maximum absolute atomic E-state index is 11.0. The SMILES string of the molecule is O=CCNC(CC1CSC(c2cc3cc(Cl)cc(NC4CCCC4)c3[nH]2)=N1)N1CCOCC1. The van der Waals surface area contributed by atoms with Crippen LogP contribution in [0.3, 0.4) is 0 Å². The van der Waals surface area contributed by atoms with Crippen LogP contribution in [0.1, 0.15) is 37.8 Å². The van der Waals surface area contributed by atoms with Gasteiger partial charge in [0.15, 0.2) is 0 Å². The zero-order valence-electron chi connectivity index (χ0n) is 18.8. The van der Waals surface area contributed by atoms with Crippen LogP contribution in [0.4, 0.5) is 5.69 Å². The molecule has 0 bridgehead atoms. The summed E-state index contributed by atoms with van der Waals surface area (Å²) in [6.45, 7) is 3.60. The predicted molar refractivity (Wildman–Crippen MR) is 137 cm³/mol. The summed E-state index contributed by atoms with van der Waals surface area (Å²) in [5.74, 6) is 0.947. The van der Waals surface area contributed by atoms with Crippen molar-refractivity contribution in [2.45, 2.75) is 50.4 Å². The largest absolute Gasteiger partial charge is 0.381 e. The standard InChI is InChI=1S/C24H32ClN5O2S/c25-17-11-16-12-21(29-23(16)20(13-17)27-18-3-1-2-4-18)24-28-19(15-33-24)14-22(26-5-8-31)30-6-9-32-10-7-30/h8,11-13,18-19,22,26-27,29H,1-7,9-10,14-15H2. The average Bonchev–Trinajstić information content (AvgIpc) is 3.58. The Kier molecular flexibility index (Phi) is 7.57.